The first kappa shape index (κ1) is 20.4. The number of halogens is 2. The number of aromatic hydroxyl groups is 1. The van der Waals surface area contributed by atoms with Gasteiger partial charge in [-0.3, -0.25) is 14.6 Å². The molecule has 3 rings (SSSR count). The second-order valence-electron chi connectivity index (χ2n) is 5.89. The van der Waals surface area contributed by atoms with Crippen LogP contribution in [0.2, 0.25) is 10.0 Å². The standard InChI is InChI=1S/C19H14Cl2N4O4/c1-10(23-24-16(26)13-4-2-3-5-14(13)21)15-17(27)22-19(29)25(18(15)28)12-8-6-11(20)7-9-12/h2-9,28H,1H3,(H,24,26)(H,22,27,29)/b23-10+. The molecule has 0 fully saturated rings. The topological polar surface area (TPSA) is 117 Å². The van der Waals surface area contributed by atoms with E-state index in [0.29, 0.717) is 5.02 Å². The summed E-state index contributed by atoms with van der Waals surface area (Å²) in [5, 5.41) is 15.1. The van der Waals surface area contributed by atoms with Crippen molar-refractivity contribution in [1.29, 1.82) is 0 Å². The van der Waals surface area contributed by atoms with Crippen LogP contribution in [0.5, 0.6) is 5.88 Å². The minimum absolute atomic E-state index is 0.0214. The Morgan fingerprint density at radius 2 is 1.76 bits per heavy atom. The fourth-order valence-corrected chi connectivity index (χ4v) is 2.92. The van der Waals surface area contributed by atoms with Crippen LogP contribution in [0.4, 0.5) is 0 Å². The Labute approximate surface area is 174 Å². The molecule has 0 unspecified atom stereocenters. The van der Waals surface area contributed by atoms with Crippen LogP contribution in [-0.2, 0) is 0 Å². The number of benzene rings is 2. The summed E-state index contributed by atoms with van der Waals surface area (Å²) in [6.45, 7) is 1.40. The number of amides is 1. The summed E-state index contributed by atoms with van der Waals surface area (Å²) in [6, 6.07) is 12.4. The van der Waals surface area contributed by atoms with Gasteiger partial charge in [0.05, 0.1) is 22.0 Å². The molecule has 0 atom stereocenters. The lowest BCUT2D eigenvalue weighted by Gasteiger charge is -2.11. The van der Waals surface area contributed by atoms with Gasteiger partial charge < -0.3 is 5.11 Å². The van der Waals surface area contributed by atoms with E-state index >= 15 is 0 Å². The van der Waals surface area contributed by atoms with Gasteiger partial charge in [-0.2, -0.15) is 5.10 Å². The number of aromatic amines is 1. The molecular formula is C19H14Cl2N4O4. The molecule has 0 aliphatic carbocycles. The smallest absolute Gasteiger partial charge is 0.335 e. The maximum Gasteiger partial charge on any atom is 0.335 e. The van der Waals surface area contributed by atoms with Gasteiger partial charge in [-0.15, -0.1) is 0 Å². The van der Waals surface area contributed by atoms with Gasteiger partial charge >= 0.3 is 5.69 Å². The van der Waals surface area contributed by atoms with Crippen LogP contribution in [0, 0.1) is 0 Å². The number of hydrazone groups is 1. The first-order chi connectivity index (χ1) is 13.8. The average molecular weight is 433 g/mol. The molecule has 0 saturated heterocycles. The quantitative estimate of drug-likeness (QED) is 0.433. The number of H-pyrrole nitrogens is 1. The molecular weight excluding hydrogens is 419 g/mol. The Kier molecular flexibility index (Phi) is 5.86. The monoisotopic (exact) mass is 432 g/mol. The summed E-state index contributed by atoms with van der Waals surface area (Å²) >= 11 is 11.8. The number of carbonyl (C=O) groups excluding carboxylic acids is 1. The predicted molar refractivity (Wildman–Crippen MR) is 110 cm³/mol. The zero-order chi connectivity index (χ0) is 21.1. The second kappa shape index (κ2) is 8.34. The Balaban J connectivity index is 2.01. The normalized spacial score (nSPS) is 11.3. The van der Waals surface area contributed by atoms with Gasteiger partial charge in [0.2, 0.25) is 5.88 Å². The third-order valence-corrected chi connectivity index (χ3v) is 4.56. The van der Waals surface area contributed by atoms with Crippen molar-refractivity contribution in [2.75, 3.05) is 0 Å². The third-order valence-electron chi connectivity index (χ3n) is 3.98. The van der Waals surface area contributed by atoms with Crippen LogP contribution < -0.4 is 16.7 Å². The third kappa shape index (κ3) is 4.23. The van der Waals surface area contributed by atoms with E-state index in [4.69, 9.17) is 23.2 Å². The lowest BCUT2D eigenvalue weighted by atomic mass is 10.2. The first-order valence-corrected chi connectivity index (χ1v) is 8.99. The minimum atomic E-state index is -0.856. The van der Waals surface area contributed by atoms with Crippen molar-refractivity contribution in [3.05, 3.63) is 90.5 Å². The van der Waals surface area contributed by atoms with Crippen LogP contribution in [0.1, 0.15) is 22.8 Å². The molecule has 1 heterocycles. The van der Waals surface area contributed by atoms with Gasteiger partial charge in [0, 0.05) is 5.02 Å². The van der Waals surface area contributed by atoms with Crippen molar-refractivity contribution >= 4 is 34.8 Å². The van der Waals surface area contributed by atoms with Crippen LogP contribution in [-0.4, -0.2) is 26.3 Å². The molecule has 1 aromatic heterocycles. The number of nitrogens with zero attached hydrogens (tertiary/aromatic N) is 2. The first-order valence-electron chi connectivity index (χ1n) is 8.23. The zero-order valence-corrected chi connectivity index (χ0v) is 16.5. The molecule has 0 bridgehead atoms. The number of nitrogens with one attached hydrogen (secondary N) is 2. The van der Waals surface area contributed by atoms with Crippen LogP contribution >= 0.6 is 23.2 Å². The molecule has 1 amide bonds. The van der Waals surface area contributed by atoms with Crippen molar-refractivity contribution < 1.29 is 9.90 Å². The van der Waals surface area contributed by atoms with E-state index < -0.39 is 23.0 Å². The van der Waals surface area contributed by atoms with E-state index in [1.54, 1.807) is 18.2 Å². The Morgan fingerprint density at radius 1 is 1.10 bits per heavy atom. The zero-order valence-electron chi connectivity index (χ0n) is 14.9. The summed E-state index contributed by atoms with van der Waals surface area (Å²) < 4.78 is 0.891. The van der Waals surface area contributed by atoms with E-state index in [2.05, 4.69) is 15.5 Å². The molecule has 2 aromatic carbocycles. The summed E-state index contributed by atoms with van der Waals surface area (Å²) in [5.41, 5.74) is 0.742. The van der Waals surface area contributed by atoms with Crippen molar-refractivity contribution in [3.63, 3.8) is 0 Å². The van der Waals surface area contributed by atoms with Crippen LogP contribution in [0.15, 0.2) is 63.2 Å². The highest BCUT2D eigenvalue weighted by Crippen LogP contribution is 2.19. The summed E-state index contributed by atoms with van der Waals surface area (Å²) in [6.07, 6.45) is 0. The number of hydrogen-bond donors (Lipinski definition) is 3. The Bertz CT molecular complexity index is 1230. The van der Waals surface area contributed by atoms with Gasteiger partial charge in [0.25, 0.3) is 11.5 Å². The van der Waals surface area contributed by atoms with Gasteiger partial charge in [-0.1, -0.05) is 35.3 Å². The van der Waals surface area contributed by atoms with Crippen molar-refractivity contribution in [2.24, 2.45) is 5.10 Å². The highest BCUT2D eigenvalue weighted by atomic mass is 35.5. The van der Waals surface area contributed by atoms with Gasteiger partial charge in [0.1, 0.15) is 5.56 Å². The SMILES string of the molecule is C/C(=N\NC(=O)c1ccccc1Cl)c1c(O)n(-c2ccc(Cl)cc2)c(=O)[nH]c1=O. The Hall–Kier alpha value is -3.36. The van der Waals surface area contributed by atoms with E-state index in [1.165, 1.54) is 37.3 Å². The second-order valence-corrected chi connectivity index (χ2v) is 6.73. The molecule has 0 spiro atoms. The maximum absolute atomic E-state index is 12.2. The number of hydrogen-bond acceptors (Lipinski definition) is 5. The molecule has 0 saturated carbocycles. The largest absolute Gasteiger partial charge is 0.493 e. The highest BCUT2D eigenvalue weighted by molar-refractivity contribution is 6.33. The Morgan fingerprint density at radius 3 is 2.41 bits per heavy atom. The van der Waals surface area contributed by atoms with Gasteiger partial charge in [-0.25, -0.2) is 14.8 Å². The van der Waals surface area contributed by atoms with Gasteiger partial charge in [0.15, 0.2) is 0 Å². The fourth-order valence-electron chi connectivity index (χ4n) is 2.58. The van der Waals surface area contributed by atoms with Crippen molar-refractivity contribution in [2.45, 2.75) is 6.92 Å². The predicted octanol–water partition coefficient (Wildman–Crippen LogP) is 2.69. The van der Waals surface area contributed by atoms with E-state index in [-0.39, 0.29) is 27.5 Å². The van der Waals surface area contributed by atoms with E-state index in [9.17, 15) is 19.5 Å². The number of rotatable bonds is 4. The van der Waals surface area contributed by atoms with Crippen molar-refractivity contribution in [1.82, 2.24) is 15.0 Å². The number of aromatic nitrogens is 2. The number of carbonyl (C=O) groups is 1. The average Bonchev–Trinajstić information content (AvgIpc) is 2.67. The maximum atomic E-state index is 12.2. The molecule has 0 aliphatic rings. The fraction of sp³-hybridized carbons (Fsp3) is 0.0526. The van der Waals surface area contributed by atoms with Crippen molar-refractivity contribution in [3.8, 4) is 11.6 Å². The summed E-state index contributed by atoms with van der Waals surface area (Å²) in [7, 11) is 0. The molecule has 10 heteroatoms. The van der Waals surface area contributed by atoms with Crippen LogP contribution in [0.3, 0.4) is 0 Å². The highest BCUT2D eigenvalue weighted by Gasteiger charge is 2.18. The van der Waals surface area contributed by atoms with Gasteiger partial charge in [-0.05, 0) is 43.3 Å². The summed E-state index contributed by atoms with van der Waals surface area (Å²) in [5.74, 6) is -1.23. The van der Waals surface area contributed by atoms with E-state index in [1.807, 2.05) is 0 Å². The minimum Gasteiger partial charge on any atom is -0.493 e. The van der Waals surface area contributed by atoms with Crippen LogP contribution in [0.25, 0.3) is 5.69 Å². The molecule has 3 aromatic rings. The molecule has 0 radical (unpaired) electrons. The van der Waals surface area contributed by atoms with E-state index in [0.717, 1.165) is 4.57 Å². The molecule has 8 nitrogen and oxygen atoms in total. The lowest BCUT2D eigenvalue weighted by Crippen LogP contribution is -2.33. The molecule has 0 aliphatic heterocycles. The molecule has 3 N–H and O–H groups in total. The summed E-state index contributed by atoms with van der Waals surface area (Å²) in [4.78, 5) is 38.8. The molecule has 29 heavy (non-hydrogen) atoms. The molecule has 148 valence electrons. The lowest BCUT2D eigenvalue weighted by molar-refractivity contribution is 0.0955.